The summed E-state index contributed by atoms with van der Waals surface area (Å²) >= 11 is 1.89. The number of thiophene rings is 1. The van der Waals surface area contributed by atoms with Gasteiger partial charge < -0.3 is 4.90 Å². The van der Waals surface area contributed by atoms with Crippen molar-refractivity contribution in [3.05, 3.63) is 145 Å². The van der Waals surface area contributed by atoms with Gasteiger partial charge in [-0.15, -0.1) is 11.3 Å². The lowest BCUT2D eigenvalue weighted by Gasteiger charge is -2.50. The van der Waals surface area contributed by atoms with E-state index in [2.05, 4.69) is 161 Å². The minimum Gasteiger partial charge on any atom is -0.311 e. The Morgan fingerprint density at radius 3 is 1.93 bits per heavy atom. The molecule has 0 radical (unpaired) electrons. The monoisotopic (exact) mass is 550 g/mol. The number of hydrogen-bond donors (Lipinski definition) is 2. The molecule has 8 rings (SSSR count). The molecule has 6 aromatic rings. The molecule has 2 aliphatic heterocycles. The van der Waals surface area contributed by atoms with E-state index in [1.807, 2.05) is 11.3 Å². The van der Waals surface area contributed by atoms with Crippen molar-refractivity contribution in [1.29, 1.82) is 0 Å². The summed E-state index contributed by atoms with van der Waals surface area (Å²) in [5.74, 6) is 0. The zero-order valence-corrected chi connectivity index (χ0v) is 23.6. The van der Waals surface area contributed by atoms with Crippen molar-refractivity contribution < 1.29 is 0 Å². The first-order chi connectivity index (χ1) is 20.3. The Labute approximate surface area is 244 Å². The maximum absolute atomic E-state index is 4.00. The normalized spacial score (nSPS) is 20.2. The summed E-state index contributed by atoms with van der Waals surface area (Å²) in [6.07, 6.45) is -0.167. The Bertz CT molecular complexity index is 1850. The minimum atomic E-state index is -0.130. The number of anilines is 2. The van der Waals surface area contributed by atoms with Crippen LogP contribution in [0.15, 0.2) is 133 Å². The number of rotatable bonds is 3. The maximum Gasteiger partial charge on any atom is 0.144 e. The minimum absolute atomic E-state index is 0.00476. The van der Waals surface area contributed by atoms with E-state index in [0.717, 1.165) is 0 Å². The highest BCUT2D eigenvalue weighted by molar-refractivity contribution is 7.23. The van der Waals surface area contributed by atoms with Crippen LogP contribution in [0.2, 0.25) is 0 Å². The van der Waals surface area contributed by atoms with Gasteiger partial charge in [-0.3, -0.25) is 15.5 Å². The molecule has 5 aromatic carbocycles. The predicted octanol–water partition coefficient (Wildman–Crippen LogP) is 8.49. The average molecular weight is 551 g/mol. The molecule has 41 heavy (non-hydrogen) atoms. The first-order valence-electron chi connectivity index (χ1n) is 14.1. The fraction of sp³-hybridized carbons (Fsp3) is 0.111. The summed E-state index contributed by atoms with van der Waals surface area (Å²) < 4.78 is 1.32. The third kappa shape index (κ3) is 4.01. The molecule has 3 unspecified atom stereocenters. The van der Waals surface area contributed by atoms with Crippen molar-refractivity contribution in [2.75, 3.05) is 11.9 Å². The van der Waals surface area contributed by atoms with E-state index in [0.29, 0.717) is 0 Å². The zero-order chi connectivity index (χ0) is 27.3. The molecule has 2 aliphatic rings. The highest BCUT2D eigenvalue weighted by Crippen LogP contribution is 2.54. The molecule has 2 N–H and O–H groups in total. The second-order valence-electron chi connectivity index (χ2n) is 10.7. The highest BCUT2D eigenvalue weighted by Gasteiger charge is 2.40. The van der Waals surface area contributed by atoms with Gasteiger partial charge >= 0.3 is 0 Å². The molecule has 0 amide bonds. The SMILES string of the molecule is CN1C(c2ccccc2)NC(c2ccccc2)NC1N1c2ccccc2-c2sc3ccccc3c2-c2ccccc21. The Morgan fingerprint density at radius 2 is 1.17 bits per heavy atom. The van der Waals surface area contributed by atoms with Gasteiger partial charge in [-0.25, -0.2) is 0 Å². The van der Waals surface area contributed by atoms with E-state index in [1.54, 1.807) is 0 Å². The van der Waals surface area contributed by atoms with E-state index in [4.69, 9.17) is 0 Å². The number of benzene rings is 5. The third-order valence-corrected chi connectivity index (χ3v) is 9.57. The zero-order valence-electron chi connectivity index (χ0n) is 22.7. The van der Waals surface area contributed by atoms with Crippen molar-refractivity contribution in [1.82, 2.24) is 15.5 Å². The highest BCUT2D eigenvalue weighted by atomic mass is 32.1. The second-order valence-corrected chi connectivity index (χ2v) is 11.8. The van der Waals surface area contributed by atoms with Crippen LogP contribution >= 0.6 is 11.3 Å². The third-order valence-electron chi connectivity index (χ3n) is 8.36. The van der Waals surface area contributed by atoms with Gasteiger partial charge in [0.25, 0.3) is 0 Å². The number of fused-ring (bicyclic) bond motifs is 7. The fourth-order valence-electron chi connectivity index (χ4n) is 6.46. The van der Waals surface area contributed by atoms with E-state index >= 15 is 0 Å². The number of hydrogen-bond acceptors (Lipinski definition) is 5. The molecule has 0 saturated carbocycles. The Kier molecular flexibility index (Phi) is 5.97. The van der Waals surface area contributed by atoms with E-state index in [1.165, 1.54) is 54.2 Å². The van der Waals surface area contributed by atoms with Gasteiger partial charge in [0.15, 0.2) is 0 Å². The van der Waals surface area contributed by atoms with Gasteiger partial charge in [0.1, 0.15) is 6.29 Å². The lowest BCUT2D eigenvalue weighted by atomic mass is 9.99. The molecular formula is C36H30N4S. The summed E-state index contributed by atoms with van der Waals surface area (Å²) in [6, 6.07) is 48.1. The largest absolute Gasteiger partial charge is 0.311 e. The number of nitrogens with zero attached hydrogens (tertiary/aromatic N) is 2. The first kappa shape index (κ1) is 24.5. The van der Waals surface area contributed by atoms with Gasteiger partial charge in [0.05, 0.1) is 23.7 Å². The molecule has 5 heteroatoms. The fourth-order valence-corrected chi connectivity index (χ4v) is 7.71. The standard InChI is InChI=1S/C36H30N4S/c1-39-35(25-16-6-3-7-17-25)37-34(24-14-4-2-5-15-24)38-36(39)40-29-21-11-8-18-26(29)32-28-20-10-13-23-31(28)41-33(32)27-19-9-12-22-30(27)40/h2-23,34-38H,1H3. The lowest BCUT2D eigenvalue weighted by Crippen LogP contribution is -2.64. The summed E-state index contributed by atoms with van der Waals surface area (Å²) in [6.45, 7) is 0. The van der Waals surface area contributed by atoms with Crippen molar-refractivity contribution in [2.24, 2.45) is 0 Å². The van der Waals surface area contributed by atoms with Gasteiger partial charge in [-0.2, -0.15) is 0 Å². The molecule has 1 saturated heterocycles. The molecule has 0 spiro atoms. The topological polar surface area (TPSA) is 30.5 Å². The van der Waals surface area contributed by atoms with Crippen LogP contribution in [0, 0.1) is 0 Å². The van der Waals surface area contributed by atoms with Crippen LogP contribution in [0.1, 0.15) is 23.5 Å². The second kappa shape index (κ2) is 9.98. The predicted molar refractivity (Wildman–Crippen MR) is 171 cm³/mol. The van der Waals surface area contributed by atoms with Gasteiger partial charge in [0, 0.05) is 31.7 Å². The van der Waals surface area contributed by atoms with E-state index in [-0.39, 0.29) is 18.6 Å². The average Bonchev–Trinajstić information content (AvgIpc) is 3.37. The molecule has 200 valence electrons. The molecule has 1 fully saturated rings. The summed E-state index contributed by atoms with van der Waals surface area (Å²) in [5, 5.41) is 9.21. The van der Waals surface area contributed by atoms with Crippen LogP contribution in [-0.2, 0) is 0 Å². The maximum atomic E-state index is 4.00. The van der Waals surface area contributed by atoms with Gasteiger partial charge in [-0.05, 0) is 36.4 Å². The molecule has 0 bridgehead atoms. The first-order valence-corrected chi connectivity index (χ1v) is 14.9. The van der Waals surface area contributed by atoms with Crippen LogP contribution in [0.25, 0.3) is 31.7 Å². The number of para-hydroxylation sites is 2. The lowest BCUT2D eigenvalue weighted by molar-refractivity contribution is 0.0460. The Balaban J connectivity index is 1.36. The Morgan fingerprint density at radius 1 is 0.585 bits per heavy atom. The summed E-state index contributed by atoms with van der Waals surface area (Å²) in [5.41, 5.74) is 8.71. The van der Waals surface area contributed by atoms with Crippen LogP contribution in [0.5, 0.6) is 0 Å². The molecule has 0 aliphatic carbocycles. The van der Waals surface area contributed by atoms with Crippen LogP contribution in [0.3, 0.4) is 0 Å². The molecule has 3 heterocycles. The quantitative estimate of drug-likeness (QED) is 0.231. The summed E-state index contributed by atoms with van der Waals surface area (Å²) in [7, 11) is 2.21. The molecule has 4 nitrogen and oxygen atoms in total. The molecular weight excluding hydrogens is 520 g/mol. The smallest absolute Gasteiger partial charge is 0.144 e. The van der Waals surface area contributed by atoms with Crippen molar-refractivity contribution in [3.8, 4) is 21.6 Å². The molecule has 3 atom stereocenters. The van der Waals surface area contributed by atoms with Crippen molar-refractivity contribution in [3.63, 3.8) is 0 Å². The Hall–Kier alpha value is -4.26. The summed E-state index contributed by atoms with van der Waals surface area (Å²) in [4.78, 5) is 6.26. The van der Waals surface area contributed by atoms with Crippen LogP contribution in [-0.4, -0.2) is 18.2 Å². The van der Waals surface area contributed by atoms with E-state index in [9.17, 15) is 0 Å². The van der Waals surface area contributed by atoms with Crippen LogP contribution < -0.4 is 15.5 Å². The number of nitrogens with one attached hydrogen (secondary N) is 2. The van der Waals surface area contributed by atoms with Crippen molar-refractivity contribution >= 4 is 32.8 Å². The van der Waals surface area contributed by atoms with Crippen molar-refractivity contribution in [2.45, 2.75) is 18.6 Å². The van der Waals surface area contributed by atoms with Crippen LogP contribution in [0.4, 0.5) is 11.4 Å². The van der Waals surface area contributed by atoms with Gasteiger partial charge in [0.2, 0.25) is 0 Å². The van der Waals surface area contributed by atoms with E-state index < -0.39 is 0 Å². The molecule has 1 aromatic heterocycles. The van der Waals surface area contributed by atoms with Gasteiger partial charge in [-0.1, -0.05) is 115 Å².